The highest BCUT2D eigenvalue weighted by molar-refractivity contribution is 5.96. The smallest absolute Gasteiger partial charge is 0.354 e. The Labute approximate surface area is 160 Å². The fourth-order valence-electron chi connectivity index (χ4n) is 3.16. The first-order valence-corrected chi connectivity index (χ1v) is 8.71. The number of benzene rings is 1. The summed E-state index contributed by atoms with van der Waals surface area (Å²) in [6.07, 6.45) is 0. The number of aromatic carboxylic acids is 1. The highest BCUT2D eigenvalue weighted by Crippen LogP contribution is 2.32. The number of carbonyl (C=O) groups is 3. The van der Waals surface area contributed by atoms with E-state index in [1.165, 1.54) is 18.2 Å². The zero-order valence-corrected chi connectivity index (χ0v) is 14.8. The van der Waals surface area contributed by atoms with Crippen molar-refractivity contribution in [3.8, 4) is 11.5 Å². The minimum Gasteiger partial charge on any atom is -0.477 e. The minimum atomic E-state index is -1.19. The van der Waals surface area contributed by atoms with Crippen LogP contribution in [0.4, 0.5) is 0 Å². The average molecular weight is 383 g/mol. The lowest BCUT2D eigenvalue weighted by Gasteiger charge is -2.34. The van der Waals surface area contributed by atoms with Crippen LogP contribution in [0.3, 0.4) is 0 Å². The van der Waals surface area contributed by atoms with Gasteiger partial charge in [0.25, 0.3) is 11.8 Å². The molecule has 2 aliphatic rings. The van der Waals surface area contributed by atoms with Gasteiger partial charge in [0, 0.05) is 31.7 Å². The molecule has 1 aromatic heterocycles. The van der Waals surface area contributed by atoms with Crippen molar-refractivity contribution in [2.24, 2.45) is 0 Å². The van der Waals surface area contributed by atoms with Gasteiger partial charge in [0.2, 0.25) is 6.79 Å². The Morgan fingerprint density at radius 1 is 0.857 bits per heavy atom. The van der Waals surface area contributed by atoms with Gasteiger partial charge in [-0.2, -0.15) is 0 Å². The summed E-state index contributed by atoms with van der Waals surface area (Å²) in [6, 6.07) is 9.36. The van der Waals surface area contributed by atoms with Crippen molar-refractivity contribution in [3.63, 3.8) is 0 Å². The first-order chi connectivity index (χ1) is 13.5. The number of amides is 2. The molecule has 28 heavy (non-hydrogen) atoms. The van der Waals surface area contributed by atoms with Crippen LogP contribution in [-0.4, -0.2) is 70.6 Å². The Morgan fingerprint density at radius 2 is 1.50 bits per heavy atom. The minimum absolute atomic E-state index is 0.0791. The Kier molecular flexibility index (Phi) is 4.56. The topological polar surface area (TPSA) is 109 Å². The molecule has 0 radical (unpaired) electrons. The summed E-state index contributed by atoms with van der Waals surface area (Å²) >= 11 is 0. The number of piperazine rings is 1. The molecular weight excluding hydrogens is 366 g/mol. The van der Waals surface area contributed by atoms with Crippen LogP contribution in [-0.2, 0) is 0 Å². The van der Waals surface area contributed by atoms with E-state index in [4.69, 9.17) is 14.6 Å². The van der Waals surface area contributed by atoms with Gasteiger partial charge in [0.15, 0.2) is 11.5 Å². The molecular formula is C19H17N3O6. The first kappa shape index (κ1) is 17.8. The monoisotopic (exact) mass is 383 g/mol. The zero-order valence-electron chi connectivity index (χ0n) is 14.8. The number of hydrogen-bond acceptors (Lipinski definition) is 6. The molecule has 0 spiro atoms. The summed E-state index contributed by atoms with van der Waals surface area (Å²) in [6.45, 7) is 1.57. The van der Waals surface area contributed by atoms with Crippen molar-refractivity contribution in [2.45, 2.75) is 0 Å². The number of aromatic nitrogens is 1. The van der Waals surface area contributed by atoms with Crippen LogP contribution in [0.1, 0.15) is 31.3 Å². The third kappa shape index (κ3) is 3.34. The average Bonchev–Trinajstić information content (AvgIpc) is 3.20. The molecule has 4 rings (SSSR count). The Morgan fingerprint density at radius 3 is 2.21 bits per heavy atom. The van der Waals surface area contributed by atoms with E-state index in [1.807, 2.05) is 0 Å². The molecule has 3 heterocycles. The van der Waals surface area contributed by atoms with E-state index >= 15 is 0 Å². The van der Waals surface area contributed by atoms with Crippen molar-refractivity contribution >= 4 is 17.8 Å². The van der Waals surface area contributed by atoms with Crippen molar-refractivity contribution in [3.05, 3.63) is 53.3 Å². The molecule has 2 amide bonds. The fraction of sp³-hybridized carbons (Fsp3) is 0.263. The first-order valence-electron chi connectivity index (χ1n) is 8.71. The van der Waals surface area contributed by atoms with Gasteiger partial charge >= 0.3 is 5.97 Å². The molecule has 1 saturated heterocycles. The largest absolute Gasteiger partial charge is 0.477 e. The summed E-state index contributed by atoms with van der Waals surface area (Å²) < 4.78 is 10.6. The quantitative estimate of drug-likeness (QED) is 0.845. The number of carboxylic acid groups (broad SMARTS) is 1. The van der Waals surface area contributed by atoms with Crippen LogP contribution in [0, 0.1) is 0 Å². The third-order valence-electron chi connectivity index (χ3n) is 4.66. The molecule has 2 aromatic rings. The summed E-state index contributed by atoms with van der Waals surface area (Å²) in [4.78, 5) is 43.4. The second-order valence-electron chi connectivity index (χ2n) is 6.37. The van der Waals surface area contributed by atoms with Gasteiger partial charge in [-0.15, -0.1) is 0 Å². The maximum atomic E-state index is 12.7. The second kappa shape index (κ2) is 7.18. The highest BCUT2D eigenvalue weighted by atomic mass is 16.7. The molecule has 9 nitrogen and oxygen atoms in total. The van der Waals surface area contributed by atoms with Gasteiger partial charge < -0.3 is 24.4 Å². The van der Waals surface area contributed by atoms with Crippen molar-refractivity contribution in [1.29, 1.82) is 0 Å². The lowest BCUT2D eigenvalue weighted by atomic mass is 10.1. The number of carbonyl (C=O) groups excluding carboxylic acids is 2. The molecule has 0 atom stereocenters. The Bertz CT molecular complexity index is 952. The molecule has 2 aliphatic heterocycles. The number of hydrogen-bond donors (Lipinski definition) is 1. The van der Waals surface area contributed by atoms with Crippen molar-refractivity contribution in [1.82, 2.24) is 14.8 Å². The van der Waals surface area contributed by atoms with E-state index in [9.17, 15) is 14.4 Å². The molecule has 144 valence electrons. The molecule has 0 unspecified atom stereocenters. The number of pyridine rings is 1. The van der Waals surface area contributed by atoms with Crippen LogP contribution >= 0.6 is 0 Å². The molecule has 1 N–H and O–H groups in total. The summed E-state index contributed by atoms with van der Waals surface area (Å²) in [5, 5.41) is 9.02. The van der Waals surface area contributed by atoms with E-state index in [1.54, 1.807) is 28.0 Å². The van der Waals surface area contributed by atoms with Gasteiger partial charge in [-0.3, -0.25) is 9.59 Å². The lowest BCUT2D eigenvalue weighted by Crippen LogP contribution is -2.50. The van der Waals surface area contributed by atoms with E-state index in [0.29, 0.717) is 43.2 Å². The molecule has 1 fully saturated rings. The van der Waals surface area contributed by atoms with Crippen LogP contribution < -0.4 is 9.47 Å². The lowest BCUT2D eigenvalue weighted by molar-refractivity contribution is 0.0531. The summed E-state index contributed by atoms with van der Waals surface area (Å²) in [5.41, 5.74) is 0.401. The second-order valence-corrected chi connectivity index (χ2v) is 6.37. The highest BCUT2D eigenvalue weighted by Gasteiger charge is 2.27. The Hall–Kier alpha value is -3.62. The van der Waals surface area contributed by atoms with Gasteiger partial charge in [0.1, 0.15) is 11.4 Å². The van der Waals surface area contributed by atoms with Gasteiger partial charge in [-0.25, -0.2) is 9.78 Å². The van der Waals surface area contributed by atoms with Crippen LogP contribution in [0.5, 0.6) is 11.5 Å². The maximum absolute atomic E-state index is 12.7. The summed E-state index contributed by atoms with van der Waals surface area (Å²) in [7, 11) is 0. The van der Waals surface area contributed by atoms with Gasteiger partial charge in [-0.05, 0) is 30.3 Å². The normalized spacial score (nSPS) is 15.4. The van der Waals surface area contributed by atoms with E-state index in [2.05, 4.69) is 4.98 Å². The number of fused-ring (bicyclic) bond motifs is 1. The Balaban J connectivity index is 1.40. The third-order valence-corrected chi connectivity index (χ3v) is 4.66. The molecule has 0 bridgehead atoms. The zero-order chi connectivity index (χ0) is 19.7. The maximum Gasteiger partial charge on any atom is 0.354 e. The number of rotatable bonds is 3. The SMILES string of the molecule is O=C(O)c1cccc(C(=O)N2CCN(C(=O)c3ccc4c(c3)OCO4)CC2)n1. The van der Waals surface area contributed by atoms with Crippen LogP contribution in [0.2, 0.25) is 0 Å². The van der Waals surface area contributed by atoms with Crippen LogP contribution in [0.25, 0.3) is 0 Å². The molecule has 0 aliphatic carbocycles. The predicted octanol–water partition coefficient (Wildman–Crippen LogP) is 1.11. The van der Waals surface area contributed by atoms with Crippen molar-refractivity contribution < 1.29 is 29.0 Å². The number of nitrogens with zero attached hydrogens (tertiary/aromatic N) is 3. The number of ether oxygens (including phenoxy) is 2. The van der Waals surface area contributed by atoms with E-state index < -0.39 is 5.97 Å². The van der Waals surface area contributed by atoms with E-state index in [0.717, 1.165) is 0 Å². The predicted molar refractivity (Wildman–Crippen MR) is 95.6 cm³/mol. The molecule has 1 aromatic carbocycles. The van der Waals surface area contributed by atoms with Crippen molar-refractivity contribution in [2.75, 3.05) is 33.0 Å². The van der Waals surface area contributed by atoms with Gasteiger partial charge in [-0.1, -0.05) is 6.07 Å². The molecule has 9 heteroatoms. The standard InChI is InChI=1S/C19H17N3O6/c23-17(12-4-5-15-16(10-12)28-11-27-15)21-6-8-22(9-7-21)18(24)13-2-1-3-14(20-13)19(25)26/h1-5,10H,6-9,11H2,(H,25,26). The molecule has 0 saturated carbocycles. The van der Waals surface area contributed by atoms with Crippen LogP contribution in [0.15, 0.2) is 36.4 Å². The fourth-order valence-corrected chi connectivity index (χ4v) is 3.16. The van der Waals surface area contributed by atoms with E-state index in [-0.39, 0.29) is 30.0 Å². The summed E-state index contributed by atoms with van der Waals surface area (Å²) in [5.74, 6) is -0.518. The van der Waals surface area contributed by atoms with Gasteiger partial charge in [0.05, 0.1) is 0 Å². The number of carboxylic acids is 1.